The van der Waals surface area contributed by atoms with Gasteiger partial charge in [0.05, 0.1) is 28.2 Å². The van der Waals surface area contributed by atoms with Crippen LogP contribution < -0.4 is 49.9 Å². The summed E-state index contributed by atoms with van der Waals surface area (Å²) in [6.45, 7) is 2.53. The van der Waals surface area contributed by atoms with Gasteiger partial charge in [-0.15, -0.1) is 0 Å². The number of hydrogen-bond donors (Lipinski definition) is 2. The van der Waals surface area contributed by atoms with Crippen molar-refractivity contribution in [1.29, 1.82) is 0 Å². The minimum atomic E-state index is -1.78. The summed E-state index contributed by atoms with van der Waals surface area (Å²) >= 11 is 3.66. The molecule has 4 aromatic carbocycles. The van der Waals surface area contributed by atoms with Gasteiger partial charge in [0.15, 0.2) is 0 Å². The topological polar surface area (TPSA) is 8.88 Å². The van der Waals surface area contributed by atoms with Gasteiger partial charge in [-0.2, -0.15) is 0 Å². The van der Waals surface area contributed by atoms with E-state index in [4.69, 9.17) is 0 Å². The van der Waals surface area contributed by atoms with Crippen LogP contribution in [0, 0.1) is 0 Å². The third-order valence-electron chi connectivity index (χ3n) is 5.75. The maximum absolute atomic E-state index is 3.66. The Morgan fingerprint density at radius 2 is 0.865 bits per heavy atom. The van der Waals surface area contributed by atoms with Crippen molar-refractivity contribution in [2.24, 2.45) is 0 Å². The van der Waals surface area contributed by atoms with Crippen molar-refractivity contribution < 1.29 is 28.7 Å². The van der Waals surface area contributed by atoms with Crippen molar-refractivity contribution in [3.8, 4) is 0 Å². The van der Waals surface area contributed by atoms with Crippen molar-refractivity contribution in [1.82, 2.24) is 0 Å². The first-order valence-electron chi connectivity index (χ1n) is 12.4. The van der Waals surface area contributed by atoms with Crippen LogP contribution in [0.2, 0.25) is 0 Å². The molecule has 0 radical (unpaired) electrons. The second-order valence-corrected chi connectivity index (χ2v) is 18.1. The number of nitrogens with one attached hydrogen (secondary N) is 2. The Morgan fingerprint density at radius 3 is 1.16 bits per heavy atom. The van der Waals surface area contributed by atoms with E-state index >= 15 is 0 Å². The average molecular weight is 588 g/mol. The van der Waals surface area contributed by atoms with E-state index in [9.17, 15) is 0 Å². The third kappa shape index (κ3) is 10.0. The van der Waals surface area contributed by atoms with Crippen LogP contribution in [-0.4, -0.2) is 62.4 Å². The molecule has 0 spiro atoms. The monoisotopic (exact) mass is 588 g/mol. The zero-order valence-electron chi connectivity index (χ0n) is 22.8. The Kier molecular flexibility index (Phi) is 14.3. The van der Waals surface area contributed by atoms with Gasteiger partial charge in [-0.25, -0.2) is 0 Å². The predicted molar refractivity (Wildman–Crippen MR) is 165 cm³/mol. The van der Waals surface area contributed by atoms with Gasteiger partial charge >= 0.3 is 196 Å². The summed E-state index contributed by atoms with van der Waals surface area (Å²) in [4.78, 5) is 3.07. The summed E-state index contributed by atoms with van der Waals surface area (Å²) in [7, 11) is 8.14. The van der Waals surface area contributed by atoms with Crippen LogP contribution in [-0.2, 0) is 0 Å². The molecule has 2 nitrogen and oxygen atoms in total. The van der Waals surface area contributed by atoms with Gasteiger partial charge in [0.1, 0.15) is 13.1 Å². The molecule has 0 aliphatic carbocycles. The number of rotatable bonds is 8. The van der Waals surface area contributed by atoms with Gasteiger partial charge in [-0.3, -0.25) is 0 Å². The molecule has 0 saturated carbocycles. The van der Waals surface area contributed by atoms with Gasteiger partial charge < -0.3 is 9.80 Å². The average Bonchev–Trinajstić information content (AvgIpc) is 2.93. The van der Waals surface area contributed by atoms with Crippen LogP contribution in [0.3, 0.4) is 0 Å². The molecule has 0 bridgehead atoms. The molecule has 0 unspecified atom stereocenters. The normalized spacial score (nSPS) is 11.0. The molecule has 0 aromatic heterocycles. The van der Waals surface area contributed by atoms with E-state index in [-0.39, 0.29) is 18.9 Å². The van der Waals surface area contributed by atoms with Crippen LogP contribution >= 0.6 is 13.5 Å². The molecule has 6 heteroatoms. The van der Waals surface area contributed by atoms with Crippen molar-refractivity contribution in [2.75, 3.05) is 41.3 Å². The summed E-state index contributed by atoms with van der Waals surface area (Å²) < 4.78 is 0. The van der Waals surface area contributed by atoms with E-state index in [2.05, 4.69) is 171 Å². The number of hydrogen-bond acceptors (Lipinski definition) is 0. The van der Waals surface area contributed by atoms with Crippen LogP contribution in [0.25, 0.3) is 0 Å². The van der Waals surface area contributed by atoms with Crippen LogP contribution in [0.15, 0.2) is 121 Å². The quantitative estimate of drug-likeness (QED) is 0.192. The number of benzene rings is 4. The molecule has 0 saturated heterocycles. The molecule has 0 atom stereocenters. The van der Waals surface area contributed by atoms with Crippen molar-refractivity contribution in [3.63, 3.8) is 0 Å². The molecule has 4 rings (SSSR count). The molecule has 2 N–H and O–H groups in total. The Hall–Kier alpha value is -1.35. The van der Waals surface area contributed by atoms with E-state index < -0.39 is 13.5 Å². The van der Waals surface area contributed by atoms with Gasteiger partial charge in [0, 0.05) is 0 Å². The van der Waals surface area contributed by atoms with E-state index in [1.165, 1.54) is 44.1 Å². The second kappa shape index (κ2) is 16.6. The van der Waals surface area contributed by atoms with Gasteiger partial charge in [0.2, 0.25) is 0 Å². The SMILES string of the molecule is C[NH+](C)CC[NH+](C)C.[Li+].[Se-]P(=CP(c1ccccc1)c1ccccc1)(c1ccccc1)c1ccccc1. The molecule has 188 valence electrons. The maximum atomic E-state index is 3.66. The fraction of sp³-hybridized carbons (Fsp3) is 0.194. The van der Waals surface area contributed by atoms with E-state index in [1.807, 2.05) is 0 Å². The summed E-state index contributed by atoms with van der Waals surface area (Å²) in [6, 6.07) is 43.6. The zero-order valence-corrected chi connectivity index (χ0v) is 26.3. The molecule has 0 amide bonds. The molecule has 37 heavy (non-hydrogen) atoms. The zero-order chi connectivity index (χ0) is 25.8. The van der Waals surface area contributed by atoms with E-state index in [0.29, 0.717) is 0 Å². The fourth-order valence-electron chi connectivity index (χ4n) is 3.70. The van der Waals surface area contributed by atoms with E-state index in [1.54, 1.807) is 0 Å². The first kappa shape index (κ1) is 31.9. The van der Waals surface area contributed by atoms with Crippen LogP contribution in [0.1, 0.15) is 0 Å². The molecular weight excluding hydrogens is 548 g/mol. The third-order valence-corrected chi connectivity index (χ3v) is 16.2. The van der Waals surface area contributed by atoms with Crippen molar-refractivity contribution in [2.45, 2.75) is 0 Å². The van der Waals surface area contributed by atoms with Crippen LogP contribution in [0.4, 0.5) is 0 Å². The summed E-state index contributed by atoms with van der Waals surface area (Å²) in [5.74, 6) is 0. The summed E-state index contributed by atoms with van der Waals surface area (Å²) in [5.41, 5.74) is 0.840. The Labute approximate surface area is 245 Å². The summed E-state index contributed by atoms with van der Waals surface area (Å²) in [5, 5.41) is 5.52. The standard InChI is InChI=1S/C25H21P2Se.C6H16N2.Li/c28-27(24-17-9-3-10-18-24,25-19-11-4-12-20-25)21-26(22-13-5-1-6-14-22)23-15-7-2-8-16-23;1-7(2)5-6-8(3)4;/h1-21H;5-6H2,1-4H3;/q-1;;+1/p+2. The Bertz CT molecular complexity index is 1110. The van der Waals surface area contributed by atoms with Gasteiger partial charge in [0.25, 0.3) is 0 Å². The second-order valence-electron chi connectivity index (χ2n) is 9.40. The fourth-order valence-corrected chi connectivity index (χ4v) is 13.3. The van der Waals surface area contributed by atoms with Gasteiger partial charge in [-0.1, -0.05) is 0 Å². The first-order valence-corrected chi connectivity index (χ1v) is 17.9. The first-order chi connectivity index (χ1) is 17.4. The van der Waals surface area contributed by atoms with Gasteiger partial charge in [-0.05, 0) is 0 Å². The Morgan fingerprint density at radius 1 is 0.568 bits per heavy atom. The van der Waals surface area contributed by atoms with E-state index in [0.717, 1.165) is 0 Å². The molecule has 0 fully saturated rings. The summed E-state index contributed by atoms with van der Waals surface area (Å²) in [6.07, 6.45) is 0. The molecule has 4 aromatic rings. The molecule has 0 aliphatic heterocycles. The molecular formula is C31H39LiN2P2Se+2. The molecule has 0 aliphatic rings. The molecule has 0 heterocycles. The minimum absolute atomic E-state index is 0. The van der Waals surface area contributed by atoms with Crippen molar-refractivity contribution >= 4 is 55.8 Å². The Balaban J connectivity index is 0.000000467. The van der Waals surface area contributed by atoms with Crippen LogP contribution in [0.5, 0.6) is 0 Å². The predicted octanol–water partition coefficient (Wildman–Crippen LogP) is -1.09. The number of quaternary nitrogens is 2. The number of likely N-dealkylation sites (N-methyl/N-ethyl adjacent to an activating group) is 2. The van der Waals surface area contributed by atoms with Crippen molar-refractivity contribution in [3.05, 3.63) is 121 Å².